The lowest BCUT2D eigenvalue weighted by atomic mass is 10.1. The van der Waals surface area contributed by atoms with Crippen molar-refractivity contribution in [3.8, 4) is 22.8 Å². The first-order chi connectivity index (χ1) is 18.7. The summed E-state index contributed by atoms with van der Waals surface area (Å²) in [5.74, 6) is -0.137. The van der Waals surface area contributed by atoms with Crippen molar-refractivity contribution in [2.45, 2.75) is 12.8 Å². The van der Waals surface area contributed by atoms with Crippen molar-refractivity contribution >= 4 is 45.1 Å². The molecule has 0 bridgehead atoms. The number of aliphatic hydroxyl groups excluding tert-OH is 1. The number of hydrogen-bond donors (Lipinski definition) is 2. The molecule has 2 aromatic heterocycles. The summed E-state index contributed by atoms with van der Waals surface area (Å²) in [4.78, 5) is 31.8. The number of carbonyl (C=O) groups is 2. The second-order valence-corrected chi connectivity index (χ2v) is 8.79. The van der Waals surface area contributed by atoms with Crippen LogP contribution in [0.4, 0.5) is 24.5 Å². The first-order valence-corrected chi connectivity index (χ1v) is 12.4. The molecule has 39 heavy (non-hydrogen) atoms. The summed E-state index contributed by atoms with van der Waals surface area (Å²) in [6.45, 7) is 0.0433. The van der Waals surface area contributed by atoms with Gasteiger partial charge in [-0.1, -0.05) is 12.1 Å². The Kier molecular flexibility index (Phi) is 9.85. The van der Waals surface area contributed by atoms with Crippen molar-refractivity contribution < 1.29 is 37.3 Å². The van der Waals surface area contributed by atoms with Crippen molar-refractivity contribution in [3.63, 3.8) is 0 Å². The van der Waals surface area contributed by atoms with Gasteiger partial charge in [0.1, 0.15) is 27.5 Å². The van der Waals surface area contributed by atoms with Gasteiger partial charge in [-0.05, 0) is 48.5 Å². The number of thiophene rings is 1. The van der Waals surface area contributed by atoms with E-state index in [1.165, 1.54) is 28.4 Å². The minimum absolute atomic E-state index is 0.0433. The number of rotatable bonds is 9. The Labute approximate surface area is 226 Å². The quantitative estimate of drug-likeness (QED) is 0.251. The number of nitrogens with one attached hydrogen (secondary N) is 1. The topological polar surface area (TPSA) is 101 Å². The molecular weight excluding hydrogens is 535 g/mol. The number of pyridine rings is 1. The summed E-state index contributed by atoms with van der Waals surface area (Å²) in [7, 11) is 4.27. The minimum atomic E-state index is -4.83. The number of methoxy groups -OCH3 is 1. The first-order valence-electron chi connectivity index (χ1n) is 11.6. The van der Waals surface area contributed by atoms with Crippen LogP contribution in [0.5, 0.6) is 11.5 Å². The zero-order valence-electron chi connectivity index (χ0n) is 21.3. The van der Waals surface area contributed by atoms with E-state index in [9.17, 15) is 22.8 Å². The SMILES string of the molecule is CNc1c(C(=O)N(CCC=O)c2ccc(OC(F)(F)F)cc2)sc2nc(-c3cccc(OC)c3)ccc12.CO. The van der Waals surface area contributed by atoms with Gasteiger partial charge in [-0.2, -0.15) is 0 Å². The number of nitrogens with zero attached hydrogens (tertiary/aromatic N) is 2. The molecule has 0 unspecified atom stereocenters. The fourth-order valence-electron chi connectivity index (χ4n) is 3.80. The number of hydrogen-bond acceptors (Lipinski definition) is 8. The molecule has 0 atom stereocenters. The smallest absolute Gasteiger partial charge is 0.497 e. The molecule has 1 amide bonds. The van der Waals surface area contributed by atoms with Gasteiger partial charge in [0.25, 0.3) is 5.91 Å². The van der Waals surface area contributed by atoms with Crippen molar-refractivity contribution in [2.24, 2.45) is 0 Å². The fraction of sp³-hybridized carbons (Fsp3) is 0.222. The lowest BCUT2D eigenvalue weighted by molar-refractivity contribution is -0.274. The molecule has 206 valence electrons. The van der Waals surface area contributed by atoms with Crippen LogP contribution >= 0.6 is 11.3 Å². The fourth-order valence-corrected chi connectivity index (χ4v) is 4.93. The predicted octanol–water partition coefficient (Wildman–Crippen LogP) is 5.76. The van der Waals surface area contributed by atoms with Gasteiger partial charge in [0.15, 0.2) is 0 Å². The summed E-state index contributed by atoms with van der Waals surface area (Å²) in [5, 5.41) is 10.8. The standard InChI is InChI=1S/C26H22F3N3O4S.CH4O/c1-30-22-20-11-12-21(16-5-3-6-19(15-16)35-2)31-24(20)37-23(22)25(34)32(13-4-14-33)17-7-9-18(10-8-17)36-26(27,28)29;1-2/h3,5-12,14-15,30H,4,13H2,1-2H3;2H,1H3. The molecule has 4 aromatic rings. The van der Waals surface area contributed by atoms with Crippen molar-refractivity contribution in [2.75, 3.05) is 38.0 Å². The van der Waals surface area contributed by atoms with Gasteiger partial charge in [0, 0.05) is 43.8 Å². The largest absolute Gasteiger partial charge is 0.573 e. The highest BCUT2D eigenvalue weighted by Crippen LogP contribution is 2.38. The number of benzene rings is 2. The van der Waals surface area contributed by atoms with Gasteiger partial charge in [-0.3, -0.25) is 4.79 Å². The number of carbonyl (C=O) groups excluding carboxylic acids is 2. The maximum Gasteiger partial charge on any atom is 0.573 e. The van der Waals surface area contributed by atoms with Crippen LogP contribution in [0, 0.1) is 0 Å². The Morgan fingerprint density at radius 1 is 1.10 bits per heavy atom. The second-order valence-electron chi connectivity index (χ2n) is 7.79. The third-order valence-corrected chi connectivity index (χ3v) is 6.55. The van der Waals surface area contributed by atoms with Crippen LogP contribution in [0.1, 0.15) is 16.1 Å². The van der Waals surface area contributed by atoms with E-state index in [2.05, 4.69) is 10.1 Å². The molecule has 2 heterocycles. The molecule has 2 N–H and O–H groups in total. The lowest BCUT2D eigenvalue weighted by Gasteiger charge is -2.22. The van der Waals surface area contributed by atoms with Crippen LogP contribution in [0.3, 0.4) is 0 Å². The van der Waals surface area contributed by atoms with E-state index in [1.807, 2.05) is 36.4 Å². The van der Waals surface area contributed by atoms with E-state index in [1.54, 1.807) is 14.2 Å². The number of ether oxygens (including phenoxy) is 2. The summed E-state index contributed by atoms with van der Waals surface area (Å²) in [6.07, 6.45) is -4.11. The van der Waals surface area contributed by atoms with Crippen LogP contribution in [0.25, 0.3) is 21.5 Å². The average Bonchev–Trinajstić information content (AvgIpc) is 3.32. The molecule has 8 nitrogen and oxygen atoms in total. The number of alkyl halides is 3. The number of aldehydes is 1. The Balaban J connectivity index is 0.00000205. The highest BCUT2D eigenvalue weighted by molar-refractivity contribution is 7.21. The van der Waals surface area contributed by atoms with E-state index >= 15 is 0 Å². The van der Waals surface area contributed by atoms with E-state index in [4.69, 9.17) is 14.8 Å². The van der Waals surface area contributed by atoms with Gasteiger partial charge < -0.3 is 29.6 Å². The molecule has 0 fully saturated rings. The van der Waals surface area contributed by atoms with Crippen LogP contribution in [-0.2, 0) is 4.79 Å². The van der Waals surface area contributed by atoms with Gasteiger partial charge in [0.05, 0.1) is 18.5 Å². The van der Waals surface area contributed by atoms with E-state index < -0.39 is 18.0 Å². The van der Waals surface area contributed by atoms with Gasteiger partial charge in [0.2, 0.25) is 0 Å². The first kappa shape index (κ1) is 29.4. The second kappa shape index (κ2) is 13.1. The molecule has 0 spiro atoms. The molecule has 4 rings (SSSR count). The number of aromatic nitrogens is 1. The molecule has 12 heteroatoms. The van der Waals surface area contributed by atoms with Crippen LogP contribution < -0.4 is 19.7 Å². The predicted molar refractivity (Wildman–Crippen MR) is 145 cm³/mol. The molecule has 0 saturated heterocycles. The maximum atomic E-state index is 13.7. The number of halogens is 3. The maximum absolute atomic E-state index is 13.7. The number of anilines is 2. The van der Waals surface area contributed by atoms with Gasteiger partial charge in [-0.15, -0.1) is 24.5 Å². The number of aliphatic hydroxyl groups is 1. The Morgan fingerprint density at radius 2 is 1.82 bits per heavy atom. The molecule has 0 aliphatic rings. The zero-order valence-corrected chi connectivity index (χ0v) is 22.1. The number of amides is 1. The van der Waals surface area contributed by atoms with Crippen LogP contribution in [0.2, 0.25) is 0 Å². The molecule has 0 radical (unpaired) electrons. The van der Waals surface area contributed by atoms with Gasteiger partial charge >= 0.3 is 6.36 Å². The van der Waals surface area contributed by atoms with Crippen LogP contribution in [-0.4, -0.2) is 56.5 Å². The summed E-state index contributed by atoms with van der Waals surface area (Å²) in [5.41, 5.74) is 2.45. The van der Waals surface area contributed by atoms with Crippen molar-refractivity contribution in [1.82, 2.24) is 4.98 Å². The van der Waals surface area contributed by atoms with Crippen molar-refractivity contribution in [3.05, 3.63) is 65.5 Å². The monoisotopic (exact) mass is 561 g/mol. The molecular formula is C27H26F3N3O5S. The summed E-state index contributed by atoms with van der Waals surface area (Å²) >= 11 is 1.18. The average molecular weight is 562 g/mol. The molecule has 0 aliphatic heterocycles. The molecule has 0 saturated carbocycles. The summed E-state index contributed by atoms with van der Waals surface area (Å²) in [6, 6.07) is 16.1. The Morgan fingerprint density at radius 3 is 2.44 bits per heavy atom. The van der Waals surface area contributed by atoms with Gasteiger partial charge in [-0.25, -0.2) is 4.98 Å². The Hall–Kier alpha value is -4.16. The minimum Gasteiger partial charge on any atom is -0.497 e. The van der Waals surface area contributed by atoms with Crippen molar-refractivity contribution in [1.29, 1.82) is 0 Å². The molecule has 2 aromatic carbocycles. The summed E-state index contributed by atoms with van der Waals surface area (Å²) < 4.78 is 46.8. The lowest BCUT2D eigenvalue weighted by Crippen LogP contribution is -2.32. The highest BCUT2D eigenvalue weighted by atomic mass is 32.1. The molecule has 0 aliphatic carbocycles. The third kappa shape index (κ3) is 7.03. The Bertz CT molecular complexity index is 1420. The van der Waals surface area contributed by atoms with E-state index in [0.717, 1.165) is 30.2 Å². The van der Waals surface area contributed by atoms with Crippen LogP contribution in [0.15, 0.2) is 60.7 Å². The number of fused-ring (bicyclic) bond motifs is 1. The normalized spacial score (nSPS) is 10.8. The van der Waals surface area contributed by atoms with E-state index in [-0.39, 0.29) is 13.0 Å². The highest BCUT2D eigenvalue weighted by Gasteiger charge is 2.31. The zero-order chi connectivity index (χ0) is 28.6. The van der Waals surface area contributed by atoms with E-state index in [0.29, 0.717) is 38.8 Å². The third-order valence-electron chi connectivity index (χ3n) is 5.46.